The lowest BCUT2D eigenvalue weighted by atomic mass is 10.4. The lowest BCUT2D eigenvalue weighted by Crippen LogP contribution is -2.25. The zero-order valence-corrected chi connectivity index (χ0v) is 17.6. The lowest BCUT2D eigenvalue weighted by Gasteiger charge is -2.16. The Morgan fingerprint density at radius 2 is 2.00 bits per heavy atom. The Bertz CT molecular complexity index is 618. The van der Waals surface area contributed by atoms with Crippen LogP contribution in [0, 0.1) is 0 Å². The number of nitrogens with zero attached hydrogens (tertiary/aromatic N) is 3. The van der Waals surface area contributed by atoms with E-state index in [0.29, 0.717) is 18.1 Å². The van der Waals surface area contributed by atoms with Gasteiger partial charge in [0.15, 0.2) is 0 Å². The van der Waals surface area contributed by atoms with Crippen LogP contribution in [0.5, 0.6) is 11.9 Å². The second kappa shape index (κ2) is 10.9. The molecule has 0 aliphatic heterocycles. The maximum Gasteiger partial charge on any atom is 0.416 e. The third-order valence-electron chi connectivity index (χ3n) is 2.59. The second-order valence-electron chi connectivity index (χ2n) is 4.92. The van der Waals surface area contributed by atoms with E-state index < -0.39 is 11.9 Å². The molecule has 0 saturated carbocycles. The summed E-state index contributed by atoms with van der Waals surface area (Å²) < 4.78 is 28.4. The van der Waals surface area contributed by atoms with Crippen LogP contribution in [-0.2, 0) is 14.8 Å². The van der Waals surface area contributed by atoms with Crippen molar-refractivity contribution in [2.75, 3.05) is 33.6 Å². The third-order valence-corrected chi connectivity index (χ3v) is 10.2. The SMILES string of the molecule is CCCSP(=O)(OCC)SCc1cc(OC(=O)N(C)C)nc(OC)n1. The largest absolute Gasteiger partial charge is 0.467 e. The first-order chi connectivity index (χ1) is 11.8. The van der Waals surface area contributed by atoms with Crippen LogP contribution in [0.15, 0.2) is 6.07 Å². The number of hydrogen-bond acceptors (Lipinski definition) is 9. The molecule has 142 valence electrons. The molecule has 1 unspecified atom stereocenters. The zero-order chi connectivity index (χ0) is 18.9. The van der Waals surface area contributed by atoms with Crippen molar-refractivity contribution in [2.45, 2.75) is 26.0 Å². The van der Waals surface area contributed by atoms with Gasteiger partial charge in [-0.15, -0.1) is 0 Å². The van der Waals surface area contributed by atoms with Gasteiger partial charge in [-0.3, -0.25) is 4.57 Å². The van der Waals surface area contributed by atoms with Crippen LogP contribution in [0.4, 0.5) is 4.79 Å². The van der Waals surface area contributed by atoms with Crippen LogP contribution in [0.2, 0.25) is 0 Å². The molecular weight excluding hydrogens is 385 g/mol. The van der Waals surface area contributed by atoms with Gasteiger partial charge in [-0.2, -0.15) is 9.97 Å². The minimum atomic E-state index is -2.87. The molecule has 1 heterocycles. The molecule has 25 heavy (non-hydrogen) atoms. The summed E-state index contributed by atoms with van der Waals surface area (Å²) in [5.74, 6) is -1.72. The summed E-state index contributed by atoms with van der Waals surface area (Å²) in [7, 11) is 4.56. The fraction of sp³-hybridized carbons (Fsp3) is 0.643. The van der Waals surface area contributed by atoms with E-state index >= 15 is 0 Å². The van der Waals surface area contributed by atoms with Gasteiger partial charge < -0.3 is 18.9 Å². The monoisotopic (exact) mass is 409 g/mol. The van der Waals surface area contributed by atoms with Gasteiger partial charge in [-0.1, -0.05) is 29.7 Å². The highest BCUT2D eigenvalue weighted by Gasteiger charge is 2.25. The number of hydrogen-bond donors (Lipinski definition) is 0. The number of carbonyl (C=O) groups is 1. The molecule has 11 heteroatoms. The topological polar surface area (TPSA) is 90.9 Å². The van der Waals surface area contributed by atoms with Crippen molar-refractivity contribution in [3.63, 3.8) is 0 Å². The molecule has 8 nitrogen and oxygen atoms in total. The molecule has 0 fully saturated rings. The smallest absolute Gasteiger partial charge is 0.416 e. The Hall–Kier alpha value is -0.960. The Morgan fingerprint density at radius 1 is 1.28 bits per heavy atom. The van der Waals surface area contributed by atoms with E-state index in [1.165, 1.54) is 40.8 Å². The van der Waals surface area contributed by atoms with Crippen LogP contribution < -0.4 is 9.47 Å². The predicted molar refractivity (Wildman–Crippen MR) is 102 cm³/mol. The van der Waals surface area contributed by atoms with E-state index in [4.69, 9.17) is 14.0 Å². The first kappa shape index (κ1) is 22.1. The Balaban J connectivity index is 2.89. The van der Waals surface area contributed by atoms with Crippen LogP contribution in [0.1, 0.15) is 26.0 Å². The highest BCUT2D eigenvalue weighted by molar-refractivity contribution is 8.89. The van der Waals surface area contributed by atoms with Crippen LogP contribution in [-0.4, -0.2) is 54.5 Å². The highest BCUT2D eigenvalue weighted by Crippen LogP contribution is 2.70. The molecule has 1 aromatic heterocycles. The molecule has 1 aromatic rings. The number of methoxy groups -OCH3 is 1. The molecular formula is C14H24N3O5PS2. The summed E-state index contributed by atoms with van der Waals surface area (Å²) in [6.07, 6.45) is 0.353. The van der Waals surface area contributed by atoms with Crippen molar-refractivity contribution in [3.8, 4) is 11.9 Å². The lowest BCUT2D eigenvalue weighted by molar-refractivity contribution is 0.169. The zero-order valence-electron chi connectivity index (χ0n) is 15.1. The molecule has 0 bridgehead atoms. The second-order valence-corrected chi connectivity index (χ2v) is 12.4. The van der Waals surface area contributed by atoms with Gasteiger partial charge in [0.2, 0.25) is 5.88 Å². The Morgan fingerprint density at radius 3 is 2.56 bits per heavy atom. The summed E-state index contributed by atoms with van der Waals surface area (Å²) in [6.45, 7) is 4.21. The van der Waals surface area contributed by atoms with Crippen molar-refractivity contribution >= 4 is 34.6 Å². The van der Waals surface area contributed by atoms with E-state index in [2.05, 4.69) is 9.97 Å². The van der Waals surface area contributed by atoms with Gasteiger partial charge in [-0.05, 0) is 13.3 Å². The molecule has 0 aliphatic rings. The molecule has 1 amide bonds. The van der Waals surface area contributed by atoms with Gasteiger partial charge in [0.1, 0.15) is 0 Å². The van der Waals surface area contributed by atoms with E-state index in [9.17, 15) is 9.36 Å². The fourth-order valence-corrected chi connectivity index (χ4v) is 8.06. The van der Waals surface area contributed by atoms with Crippen molar-refractivity contribution in [3.05, 3.63) is 11.8 Å². The fourth-order valence-electron chi connectivity index (χ4n) is 1.47. The van der Waals surface area contributed by atoms with E-state index in [1.807, 2.05) is 13.8 Å². The molecule has 0 aromatic carbocycles. The molecule has 0 radical (unpaired) electrons. The van der Waals surface area contributed by atoms with E-state index in [-0.39, 0.29) is 11.9 Å². The molecule has 0 spiro atoms. The molecule has 0 N–H and O–H groups in total. The van der Waals surface area contributed by atoms with Crippen molar-refractivity contribution in [1.29, 1.82) is 0 Å². The summed E-state index contributed by atoms with van der Waals surface area (Å²) in [4.78, 5) is 21.1. The Kier molecular flexibility index (Phi) is 9.63. The molecule has 1 atom stereocenters. The average molecular weight is 409 g/mol. The van der Waals surface area contributed by atoms with Gasteiger partial charge in [0.05, 0.1) is 19.4 Å². The first-order valence-corrected chi connectivity index (χ1v) is 12.5. The van der Waals surface area contributed by atoms with Crippen LogP contribution in [0.3, 0.4) is 0 Å². The van der Waals surface area contributed by atoms with E-state index in [1.54, 1.807) is 14.1 Å². The van der Waals surface area contributed by atoms with Crippen LogP contribution >= 0.6 is 28.5 Å². The standard InChI is InChI=1S/C14H24N3O5PS2/c1-6-8-24-23(19,21-7-2)25-10-11-9-12(16-13(15-11)20-5)22-14(18)17(3)4/h9H,6-8,10H2,1-5H3. The Labute approximate surface area is 156 Å². The van der Waals surface area contributed by atoms with Gasteiger partial charge in [0.25, 0.3) is 0 Å². The predicted octanol–water partition coefficient (Wildman–Crippen LogP) is 4.07. The number of amides is 1. The highest BCUT2D eigenvalue weighted by atomic mass is 33.1. The van der Waals surface area contributed by atoms with Crippen molar-refractivity contribution < 1.29 is 23.4 Å². The third kappa shape index (κ3) is 7.85. The normalized spacial score (nSPS) is 13.2. The minimum absolute atomic E-state index is 0.0760. The van der Waals surface area contributed by atoms with Gasteiger partial charge >= 0.3 is 17.9 Å². The van der Waals surface area contributed by atoms with Gasteiger partial charge in [-0.25, -0.2) is 4.79 Å². The summed E-state index contributed by atoms with van der Waals surface area (Å²) >= 11 is 2.52. The number of aromatic nitrogens is 2. The maximum atomic E-state index is 12.8. The van der Waals surface area contributed by atoms with Crippen LogP contribution in [0.25, 0.3) is 0 Å². The minimum Gasteiger partial charge on any atom is -0.467 e. The number of carbonyl (C=O) groups excluding carboxylic acids is 1. The summed E-state index contributed by atoms with van der Waals surface area (Å²) in [5.41, 5.74) is 0.537. The quantitative estimate of drug-likeness (QED) is 0.530. The first-order valence-electron chi connectivity index (χ1n) is 7.68. The molecule has 1 rings (SSSR count). The number of rotatable bonds is 10. The number of ether oxygens (including phenoxy) is 2. The maximum absolute atomic E-state index is 12.8. The van der Waals surface area contributed by atoms with Crippen molar-refractivity contribution in [1.82, 2.24) is 14.9 Å². The van der Waals surface area contributed by atoms with Gasteiger partial charge in [0, 0.05) is 31.7 Å². The average Bonchev–Trinajstić information content (AvgIpc) is 2.58. The molecule has 0 aliphatic carbocycles. The van der Waals surface area contributed by atoms with E-state index in [0.717, 1.165) is 12.2 Å². The molecule has 0 saturated heterocycles. The summed E-state index contributed by atoms with van der Waals surface area (Å²) in [5, 5.41) is 0. The summed E-state index contributed by atoms with van der Waals surface area (Å²) in [6, 6.07) is 1.60. The van der Waals surface area contributed by atoms with Crippen molar-refractivity contribution in [2.24, 2.45) is 0 Å².